The zero-order valence-electron chi connectivity index (χ0n) is 14.8. The third kappa shape index (κ3) is 166. The maximum absolute atomic E-state index is 3.25. The van der Waals surface area contributed by atoms with E-state index in [0.717, 1.165) is 0 Å². The molecule has 0 aliphatic rings. The van der Waals surface area contributed by atoms with E-state index < -0.39 is 0 Å². The van der Waals surface area contributed by atoms with E-state index in [1.165, 1.54) is 0 Å². The van der Waals surface area contributed by atoms with Crippen LogP contribution in [0.5, 0.6) is 0 Å². The van der Waals surface area contributed by atoms with Crippen molar-refractivity contribution < 1.29 is 458 Å². The van der Waals surface area contributed by atoms with Crippen molar-refractivity contribution in [1.82, 2.24) is 0 Å². The molecule has 0 bridgehead atoms. The van der Waals surface area contributed by atoms with Gasteiger partial charge in [0, 0.05) is 458 Å². The van der Waals surface area contributed by atoms with Crippen LogP contribution in [0.3, 0.4) is 0 Å². The van der Waals surface area contributed by atoms with Crippen molar-refractivity contribution >= 4 is 0 Å². The minimum atomic E-state index is 0. The van der Waals surface area contributed by atoms with Gasteiger partial charge in [0.1, 0.15) is 0 Å². The molecule has 14 radical (unpaired) electrons. The van der Waals surface area contributed by atoms with Crippen LogP contribution in [0.4, 0.5) is 0 Å². The average Bonchev–Trinajstić information content (AvgIpc) is 1.50. The molecule has 0 spiro atoms. The molecule has 0 fully saturated rings. The molecule has 0 aromatic carbocycles. The van der Waals surface area contributed by atoms with Gasteiger partial charge >= 0.3 is 0 Å². The second kappa shape index (κ2) is 176. The normalized spacial score (nSPS) is 0.571. The second-order valence-electron chi connectivity index (χ2n) is 0. The molecular formula is C7H20Y14-4. The molecule has 14 heteroatoms. The van der Waals surface area contributed by atoms with Crippen molar-refractivity contribution in [3.8, 4) is 0 Å². The topological polar surface area (TPSA) is 0 Å². The molecule has 0 aliphatic heterocycles. The zero-order valence-corrected chi connectivity index (χ0v) is 54.5. The van der Waals surface area contributed by atoms with Crippen LogP contribution in [-0.4, -0.2) is 0 Å². The Bertz CT molecular complexity index is 19.3. The summed E-state index contributed by atoms with van der Waals surface area (Å²) < 4.78 is 0. The van der Waals surface area contributed by atoms with Crippen LogP contribution in [0.2, 0.25) is 0 Å². The van der Waals surface area contributed by atoms with Crippen molar-refractivity contribution in [3.63, 3.8) is 0 Å². The first-order valence-corrected chi connectivity index (χ1v) is 1.71. The van der Waals surface area contributed by atoms with Crippen LogP contribution in [0, 0.1) is 29.2 Å². The summed E-state index contributed by atoms with van der Waals surface area (Å²) in [5, 5.41) is 0. The van der Waals surface area contributed by atoms with E-state index in [4.69, 9.17) is 0 Å². The van der Waals surface area contributed by atoms with Gasteiger partial charge in [0.2, 0.25) is 0 Å². The quantitative estimate of drug-likeness (QED) is 0.328. The molecule has 0 aromatic rings. The molecule has 0 nitrogen and oxygen atoms in total. The van der Waals surface area contributed by atoms with Crippen molar-refractivity contribution in [3.05, 3.63) is 29.2 Å². The van der Waals surface area contributed by atoms with E-state index in [1.54, 1.807) is 6.92 Å². The smallest absolute Gasteiger partial charge is 0 e. The summed E-state index contributed by atoms with van der Waals surface area (Å²) >= 11 is 0. The molecule has 0 heterocycles. The minimum absolute atomic E-state index is 0. The fourth-order valence-corrected chi connectivity index (χ4v) is 0. The van der Waals surface area contributed by atoms with Gasteiger partial charge in [-0.3, -0.25) is 0 Å². The monoisotopic (exact) mass is 1350 g/mol. The van der Waals surface area contributed by atoms with Gasteiger partial charge in [0.05, 0.1) is 0 Å². The standard InChI is InChI=1S/C2H6.C2H5.3CH3.14Y/c2*1-2;;;;;;;;;;;;;;;;;/h1-2H3;1H2,2H3;3*1H3;;;;;;;;;;;;;;/q;4*-1;;;;;;;;;;;;;;. The van der Waals surface area contributed by atoms with Gasteiger partial charge in [0.15, 0.2) is 0 Å². The van der Waals surface area contributed by atoms with Crippen LogP contribution in [0.25, 0.3) is 0 Å². The van der Waals surface area contributed by atoms with Crippen LogP contribution < -0.4 is 0 Å². The van der Waals surface area contributed by atoms with Crippen molar-refractivity contribution in [1.29, 1.82) is 0 Å². The molecule has 0 unspecified atom stereocenters. The Balaban J connectivity index is -0.000000000124. The summed E-state index contributed by atoms with van der Waals surface area (Å²) in [5.74, 6) is 0. The van der Waals surface area contributed by atoms with Crippen molar-refractivity contribution in [2.75, 3.05) is 0 Å². The largest absolute Gasteiger partial charge is 0.358 e. The molecule has 0 saturated heterocycles. The van der Waals surface area contributed by atoms with Gasteiger partial charge in [-0.2, -0.15) is 6.92 Å². The molecular weight excluding hydrogens is 1330 g/mol. The first-order chi connectivity index (χ1) is 2.00. The van der Waals surface area contributed by atoms with Crippen molar-refractivity contribution in [2.24, 2.45) is 0 Å². The fourth-order valence-electron chi connectivity index (χ4n) is 0. The van der Waals surface area contributed by atoms with Gasteiger partial charge in [0.25, 0.3) is 0 Å². The van der Waals surface area contributed by atoms with E-state index in [-0.39, 0.29) is 480 Å². The Hall–Kier alpha value is 15.5. The molecule has 94 valence electrons. The molecule has 0 saturated carbocycles. The van der Waals surface area contributed by atoms with E-state index in [2.05, 4.69) is 6.92 Å². The van der Waals surface area contributed by atoms with Gasteiger partial charge in [-0.15, -0.1) is 0 Å². The van der Waals surface area contributed by atoms with Crippen LogP contribution >= 0.6 is 0 Å². The first kappa shape index (κ1) is 150. The van der Waals surface area contributed by atoms with E-state index >= 15 is 0 Å². The number of rotatable bonds is 0. The summed E-state index contributed by atoms with van der Waals surface area (Å²) in [6.45, 7) is 9.00. The molecule has 21 heavy (non-hydrogen) atoms. The molecule has 0 N–H and O–H groups in total. The second-order valence-corrected chi connectivity index (χ2v) is 0. The predicted molar refractivity (Wildman–Crippen MR) is 41.6 cm³/mol. The number of hydrogen-bond acceptors (Lipinski definition) is 0. The fraction of sp³-hybridized carbons (Fsp3) is 0.429. The Morgan fingerprint density at radius 2 is 0.286 bits per heavy atom. The van der Waals surface area contributed by atoms with Crippen LogP contribution in [-0.2, 0) is 458 Å². The van der Waals surface area contributed by atoms with Gasteiger partial charge in [-0.1, -0.05) is 13.8 Å². The minimum Gasteiger partial charge on any atom is -0.358 e. The predicted octanol–water partition coefficient (Wildman–Crippen LogP) is 3.18. The van der Waals surface area contributed by atoms with Crippen molar-refractivity contribution in [2.45, 2.75) is 20.8 Å². The van der Waals surface area contributed by atoms with E-state index in [9.17, 15) is 0 Å². The molecule has 0 amide bonds. The van der Waals surface area contributed by atoms with E-state index in [1.807, 2.05) is 13.8 Å². The third-order valence-electron chi connectivity index (χ3n) is 0. The average molecular weight is 1350 g/mol. The summed E-state index contributed by atoms with van der Waals surface area (Å²) in [5.41, 5.74) is 0. The van der Waals surface area contributed by atoms with Gasteiger partial charge in [-0.05, 0) is 0 Å². The van der Waals surface area contributed by atoms with Crippen LogP contribution in [0.15, 0.2) is 0 Å². The van der Waals surface area contributed by atoms with Gasteiger partial charge in [-0.25, -0.2) is 0 Å². The Labute approximate surface area is 490 Å². The Kier molecular flexibility index (Phi) is 1260. The Morgan fingerprint density at radius 1 is 0.286 bits per heavy atom. The summed E-state index contributed by atoms with van der Waals surface area (Å²) in [6.07, 6.45) is 0. The first-order valence-electron chi connectivity index (χ1n) is 1.71. The third-order valence-corrected chi connectivity index (χ3v) is 0. The summed E-state index contributed by atoms with van der Waals surface area (Å²) in [6, 6.07) is 0. The molecule has 0 rings (SSSR count). The van der Waals surface area contributed by atoms with Gasteiger partial charge < -0.3 is 29.2 Å². The van der Waals surface area contributed by atoms with Crippen LogP contribution in [0.1, 0.15) is 20.8 Å². The molecule has 0 aromatic heterocycles. The summed E-state index contributed by atoms with van der Waals surface area (Å²) in [4.78, 5) is 0. The molecule has 0 aliphatic carbocycles. The SMILES string of the molecule is CC.[CH2-]C.[CH3-].[CH3-].[CH3-].[Y].[Y].[Y].[Y].[Y].[Y].[Y].[Y].[Y].[Y].[Y].[Y].[Y].[Y]. The zero-order chi connectivity index (χ0) is 4.00. The summed E-state index contributed by atoms with van der Waals surface area (Å²) in [7, 11) is 0. The maximum atomic E-state index is 3.25. The number of hydrogen-bond donors (Lipinski definition) is 0. The maximum Gasteiger partial charge on any atom is 0 e. The molecule has 0 atom stereocenters. The Morgan fingerprint density at radius 3 is 0.286 bits per heavy atom. The van der Waals surface area contributed by atoms with E-state index in [0.29, 0.717) is 0 Å².